The highest BCUT2D eigenvalue weighted by molar-refractivity contribution is 5.69. The molecule has 23 heavy (non-hydrogen) atoms. The fourth-order valence-corrected chi connectivity index (χ4v) is 2.90. The van der Waals surface area contributed by atoms with Crippen molar-refractivity contribution in [1.82, 2.24) is 4.90 Å². The number of likely N-dealkylation sites (tertiary alicyclic amines) is 1. The van der Waals surface area contributed by atoms with Crippen molar-refractivity contribution in [1.29, 1.82) is 0 Å². The molecule has 0 saturated carbocycles. The molecule has 1 heterocycles. The van der Waals surface area contributed by atoms with Crippen LogP contribution in [0.1, 0.15) is 39.2 Å². The molecule has 1 atom stereocenters. The lowest BCUT2D eigenvalue weighted by Crippen LogP contribution is -2.40. The van der Waals surface area contributed by atoms with Crippen LogP contribution in [0.4, 0.5) is 4.79 Å². The SMILES string of the molecule is COc1ccc(OC)c(C[C@H]2CCCN2C(=O)OC(C)(C)C)c1. The Hall–Kier alpha value is -1.91. The molecule has 1 fully saturated rings. The molecule has 1 saturated heterocycles. The predicted molar refractivity (Wildman–Crippen MR) is 89.2 cm³/mol. The van der Waals surface area contributed by atoms with Crippen LogP contribution in [0, 0.1) is 0 Å². The van der Waals surface area contributed by atoms with E-state index in [1.807, 2.05) is 43.9 Å². The van der Waals surface area contributed by atoms with Crippen LogP contribution >= 0.6 is 0 Å². The number of carbonyl (C=O) groups is 1. The Morgan fingerprint density at radius 1 is 1.26 bits per heavy atom. The molecule has 128 valence electrons. The molecule has 0 bridgehead atoms. The predicted octanol–water partition coefficient (Wildman–Crippen LogP) is 3.65. The second kappa shape index (κ2) is 7.11. The molecule has 1 aliphatic heterocycles. The molecule has 2 rings (SSSR count). The smallest absolute Gasteiger partial charge is 0.410 e. The van der Waals surface area contributed by atoms with Crippen LogP contribution < -0.4 is 9.47 Å². The monoisotopic (exact) mass is 321 g/mol. The van der Waals surface area contributed by atoms with E-state index in [2.05, 4.69) is 0 Å². The zero-order valence-electron chi connectivity index (χ0n) is 14.7. The van der Waals surface area contributed by atoms with Crippen LogP contribution in [-0.4, -0.2) is 43.4 Å². The van der Waals surface area contributed by atoms with Gasteiger partial charge in [0.2, 0.25) is 0 Å². The maximum absolute atomic E-state index is 12.4. The molecule has 1 amide bonds. The van der Waals surface area contributed by atoms with Crippen molar-refractivity contribution in [2.75, 3.05) is 20.8 Å². The maximum atomic E-state index is 12.4. The summed E-state index contributed by atoms with van der Waals surface area (Å²) in [4.78, 5) is 14.2. The second-order valence-corrected chi connectivity index (χ2v) is 6.85. The Morgan fingerprint density at radius 2 is 2.00 bits per heavy atom. The van der Waals surface area contributed by atoms with Gasteiger partial charge in [-0.2, -0.15) is 0 Å². The van der Waals surface area contributed by atoms with E-state index < -0.39 is 5.60 Å². The van der Waals surface area contributed by atoms with Gasteiger partial charge in [0.15, 0.2) is 0 Å². The van der Waals surface area contributed by atoms with Gasteiger partial charge in [0.05, 0.1) is 14.2 Å². The summed E-state index contributed by atoms with van der Waals surface area (Å²) in [6, 6.07) is 5.89. The Kier molecular flexibility index (Phi) is 5.39. The first-order chi connectivity index (χ1) is 10.8. The highest BCUT2D eigenvalue weighted by Crippen LogP contribution is 2.30. The lowest BCUT2D eigenvalue weighted by atomic mass is 10.0. The number of benzene rings is 1. The van der Waals surface area contributed by atoms with Crippen molar-refractivity contribution in [3.05, 3.63) is 23.8 Å². The molecule has 0 radical (unpaired) electrons. The van der Waals surface area contributed by atoms with Crippen LogP contribution in [0.15, 0.2) is 18.2 Å². The third-order valence-corrected chi connectivity index (χ3v) is 3.95. The number of methoxy groups -OCH3 is 2. The van der Waals surface area contributed by atoms with E-state index in [1.165, 1.54) is 0 Å². The zero-order valence-corrected chi connectivity index (χ0v) is 14.7. The van der Waals surface area contributed by atoms with Crippen molar-refractivity contribution in [3.63, 3.8) is 0 Å². The summed E-state index contributed by atoms with van der Waals surface area (Å²) in [5.74, 6) is 1.62. The van der Waals surface area contributed by atoms with Gasteiger partial charge in [-0.1, -0.05) is 0 Å². The number of rotatable bonds is 4. The quantitative estimate of drug-likeness (QED) is 0.849. The van der Waals surface area contributed by atoms with Gasteiger partial charge in [0, 0.05) is 12.6 Å². The molecular formula is C18H27NO4. The second-order valence-electron chi connectivity index (χ2n) is 6.85. The van der Waals surface area contributed by atoms with Crippen molar-refractivity contribution in [2.45, 2.75) is 51.7 Å². The van der Waals surface area contributed by atoms with Gasteiger partial charge in [0.25, 0.3) is 0 Å². The molecule has 5 heteroatoms. The van der Waals surface area contributed by atoms with Crippen molar-refractivity contribution in [3.8, 4) is 11.5 Å². The third-order valence-electron chi connectivity index (χ3n) is 3.95. The lowest BCUT2D eigenvalue weighted by molar-refractivity contribution is 0.0226. The highest BCUT2D eigenvalue weighted by atomic mass is 16.6. The summed E-state index contributed by atoms with van der Waals surface area (Å²) < 4.78 is 16.3. The number of amides is 1. The minimum absolute atomic E-state index is 0.130. The number of hydrogen-bond acceptors (Lipinski definition) is 4. The van der Waals surface area contributed by atoms with Crippen LogP contribution in [0.3, 0.4) is 0 Å². The molecule has 1 aliphatic rings. The first-order valence-corrected chi connectivity index (χ1v) is 8.04. The Bertz CT molecular complexity index is 550. The average molecular weight is 321 g/mol. The minimum atomic E-state index is -0.474. The third kappa shape index (κ3) is 4.53. The van der Waals surface area contributed by atoms with E-state index in [4.69, 9.17) is 14.2 Å². The lowest BCUT2D eigenvalue weighted by Gasteiger charge is -2.29. The van der Waals surface area contributed by atoms with Gasteiger partial charge in [-0.3, -0.25) is 0 Å². The van der Waals surface area contributed by atoms with Gasteiger partial charge in [-0.15, -0.1) is 0 Å². The molecule has 0 unspecified atom stereocenters. The van der Waals surface area contributed by atoms with Crippen LogP contribution in [0.2, 0.25) is 0 Å². The summed E-state index contributed by atoms with van der Waals surface area (Å²) in [5.41, 5.74) is 0.574. The Balaban J connectivity index is 2.14. The van der Waals surface area contributed by atoms with Gasteiger partial charge in [0.1, 0.15) is 17.1 Å². The number of carbonyl (C=O) groups excluding carboxylic acids is 1. The number of nitrogens with zero attached hydrogens (tertiary/aromatic N) is 1. The molecule has 1 aromatic rings. The van der Waals surface area contributed by atoms with Crippen molar-refractivity contribution in [2.24, 2.45) is 0 Å². The van der Waals surface area contributed by atoms with Gasteiger partial charge >= 0.3 is 6.09 Å². The highest BCUT2D eigenvalue weighted by Gasteiger charge is 2.32. The summed E-state index contributed by atoms with van der Waals surface area (Å²) in [6.45, 7) is 6.41. The van der Waals surface area contributed by atoms with Gasteiger partial charge in [-0.05, 0) is 63.8 Å². The summed E-state index contributed by atoms with van der Waals surface area (Å²) in [5, 5.41) is 0. The largest absolute Gasteiger partial charge is 0.497 e. The zero-order chi connectivity index (χ0) is 17.0. The Morgan fingerprint density at radius 3 is 2.61 bits per heavy atom. The Labute approximate surface area is 138 Å². The summed E-state index contributed by atoms with van der Waals surface area (Å²) in [7, 11) is 3.31. The molecule has 0 aliphatic carbocycles. The van der Waals surface area contributed by atoms with E-state index in [9.17, 15) is 4.79 Å². The van der Waals surface area contributed by atoms with E-state index >= 15 is 0 Å². The molecule has 0 spiro atoms. The van der Waals surface area contributed by atoms with E-state index in [0.29, 0.717) is 0 Å². The molecule has 1 aromatic carbocycles. The first kappa shape index (κ1) is 17.4. The van der Waals surface area contributed by atoms with Crippen LogP contribution in [0.5, 0.6) is 11.5 Å². The standard InChI is InChI=1S/C18H27NO4/c1-18(2,3)23-17(20)19-10-6-7-14(19)11-13-12-15(21-4)8-9-16(13)22-5/h8-9,12,14H,6-7,10-11H2,1-5H3/t14-/m1/s1. The van der Waals surface area contributed by atoms with E-state index in [1.54, 1.807) is 14.2 Å². The summed E-state index contributed by atoms with van der Waals surface area (Å²) in [6.07, 6.45) is 2.47. The van der Waals surface area contributed by atoms with Crippen molar-refractivity contribution >= 4 is 6.09 Å². The molecule has 0 N–H and O–H groups in total. The fourth-order valence-electron chi connectivity index (χ4n) is 2.90. The number of ether oxygens (including phenoxy) is 3. The maximum Gasteiger partial charge on any atom is 0.410 e. The van der Waals surface area contributed by atoms with E-state index in [-0.39, 0.29) is 12.1 Å². The van der Waals surface area contributed by atoms with E-state index in [0.717, 1.165) is 42.9 Å². The van der Waals surface area contributed by atoms with Gasteiger partial charge < -0.3 is 19.1 Å². The average Bonchev–Trinajstić information content (AvgIpc) is 2.93. The van der Waals surface area contributed by atoms with Crippen LogP contribution in [0.25, 0.3) is 0 Å². The topological polar surface area (TPSA) is 48.0 Å². The minimum Gasteiger partial charge on any atom is -0.497 e. The fraction of sp³-hybridized carbons (Fsp3) is 0.611. The molecule has 5 nitrogen and oxygen atoms in total. The molecule has 0 aromatic heterocycles. The first-order valence-electron chi connectivity index (χ1n) is 8.04. The molecular weight excluding hydrogens is 294 g/mol. The van der Waals surface area contributed by atoms with Crippen molar-refractivity contribution < 1.29 is 19.0 Å². The number of hydrogen-bond donors (Lipinski definition) is 0. The van der Waals surface area contributed by atoms with Crippen LogP contribution in [-0.2, 0) is 11.2 Å². The van der Waals surface area contributed by atoms with Gasteiger partial charge in [-0.25, -0.2) is 4.79 Å². The summed E-state index contributed by atoms with van der Waals surface area (Å²) >= 11 is 0. The normalized spacial score (nSPS) is 18.0.